The van der Waals surface area contributed by atoms with Crippen molar-refractivity contribution in [3.8, 4) is 0 Å². The minimum atomic E-state index is 0.411. The molecule has 0 fully saturated rings. The van der Waals surface area contributed by atoms with Crippen LogP contribution in [0.5, 0.6) is 0 Å². The third-order valence-corrected chi connectivity index (χ3v) is 2.20. The highest BCUT2D eigenvalue weighted by Gasteiger charge is 2.06. The van der Waals surface area contributed by atoms with Gasteiger partial charge in [-0.3, -0.25) is 4.84 Å². The van der Waals surface area contributed by atoms with Crippen molar-refractivity contribution in [3.63, 3.8) is 0 Å². The number of halogens is 1. The monoisotopic (exact) mass is 199 g/mol. The predicted molar refractivity (Wildman–Crippen MR) is 54.5 cm³/mol. The first-order valence-electron chi connectivity index (χ1n) is 4.25. The molecule has 0 unspecified atom stereocenters. The maximum Gasteiger partial charge on any atom is 0.0933 e. The van der Waals surface area contributed by atoms with E-state index >= 15 is 0 Å². The van der Waals surface area contributed by atoms with Gasteiger partial charge in [-0.25, -0.2) is 5.90 Å². The highest BCUT2D eigenvalue weighted by molar-refractivity contribution is 6.30. The second-order valence-corrected chi connectivity index (χ2v) is 3.75. The number of hydrogen-bond donors (Lipinski definition) is 1. The Morgan fingerprint density at radius 2 is 2.15 bits per heavy atom. The number of rotatable bonds is 3. The molecule has 0 heterocycles. The van der Waals surface area contributed by atoms with Gasteiger partial charge in [0.2, 0.25) is 0 Å². The van der Waals surface area contributed by atoms with Crippen LogP contribution in [0.15, 0.2) is 18.2 Å². The molecule has 0 saturated heterocycles. The molecule has 1 aromatic carbocycles. The average molecular weight is 200 g/mol. The summed E-state index contributed by atoms with van der Waals surface area (Å²) in [6, 6.07) is 5.79. The van der Waals surface area contributed by atoms with Crippen molar-refractivity contribution in [2.75, 3.05) is 0 Å². The lowest BCUT2D eigenvalue weighted by Gasteiger charge is -2.11. The van der Waals surface area contributed by atoms with Gasteiger partial charge in [0.25, 0.3) is 0 Å². The molecule has 0 amide bonds. The Morgan fingerprint density at radius 1 is 1.46 bits per heavy atom. The molecule has 2 nitrogen and oxygen atoms in total. The van der Waals surface area contributed by atoms with E-state index < -0.39 is 0 Å². The fourth-order valence-electron chi connectivity index (χ4n) is 1.35. The highest BCUT2D eigenvalue weighted by atomic mass is 35.5. The van der Waals surface area contributed by atoms with Gasteiger partial charge in [-0.2, -0.15) is 0 Å². The fourth-order valence-corrected chi connectivity index (χ4v) is 1.55. The van der Waals surface area contributed by atoms with Crippen molar-refractivity contribution < 1.29 is 4.84 Å². The predicted octanol–water partition coefficient (Wildman–Crippen LogP) is 2.85. The Labute approximate surface area is 83.6 Å². The van der Waals surface area contributed by atoms with Crippen LogP contribution in [0, 0.1) is 0 Å². The minimum Gasteiger partial charge on any atom is -0.300 e. The van der Waals surface area contributed by atoms with E-state index in [-0.39, 0.29) is 0 Å². The molecule has 0 atom stereocenters. The normalized spacial score (nSPS) is 10.8. The molecule has 0 saturated carbocycles. The van der Waals surface area contributed by atoms with Crippen molar-refractivity contribution >= 4 is 11.6 Å². The van der Waals surface area contributed by atoms with Gasteiger partial charge in [-0.15, -0.1) is 0 Å². The molecule has 1 rings (SSSR count). The molecule has 0 aliphatic rings. The standard InChI is InChI=1S/C10H14ClNO/c1-7(2)10-4-3-9(11)5-8(10)6-13-12/h3-5,7H,6,12H2,1-2H3. The topological polar surface area (TPSA) is 35.2 Å². The summed E-state index contributed by atoms with van der Waals surface area (Å²) in [5.74, 6) is 5.50. The van der Waals surface area contributed by atoms with Gasteiger partial charge in [0.1, 0.15) is 0 Å². The van der Waals surface area contributed by atoms with Crippen molar-refractivity contribution in [3.05, 3.63) is 34.3 Å². The fraction of sp³-hybridized carbons (Fsp3) is 0.400. The van der Waals surface area contributed by atoms with Crippen LogP contribution in [-0.4, -0.2) is 0 Å². The van der Waals surface area contributed by atoms with Crippen molar-refractivity contribution in [1.29, 1.82) is 0 Å². The van der Waals surface area contributed by atoms with E-state index in [1.807, 2.05) is 18.2 Å². The SMILES string of the molecule is CC(C)c1ccc(Cl)cc1CON. The van der Waals surface area contributed by atoms with Gasteiger partial charge in [-0.1, -0.05) is 31.5 Å². The molecular formula is C10H14ClNO. The minimum absolute atomic E-state index is 0.411. The van der Waals surface area contributed by atoms with Gasteiger partial charge in [0.15, 0.2) is 0 Å². The molecular weight excluding hydrogens is 186 g/mol. The zero-order valence-corrected chi connectivity index (χ0v) is 8.64. The Kier molecular flexibility index (Phi) is 3.72. The molecule has 3 heteroatoms. The second kappa shape index (κ2) is 4.61. The molecule has 0 spiro atoms. The molecule has 2 N–H and O–H groups in total. The number of nitrogens with two attached hydrogens (primary N) is 1. The first kappa shape index (κ1) is 10.5. The molecule has 0 radical (unpaired) electrons. The molecule has 72 valence electrons. The van der Waals surface area contributed by atoms with Crippen LogP contribution in [0.4, 0.5) is 0 Å². The van der Waals surface area contributed by atoms with E-state index in [9.17, 15) is 0 Å². The van der Waals surface area contributed by atoms with Crippen LogP contribution in [0.3, 0.4) is 0 Å². The van der Waals surface area contributed by atoms with Crippen molar-refractivity contribution in [2.45, 2.75) is 26.4 Å². The maximum absolute atomic E-state index is 5.86. The Balaban J connectivity index is 3.03. The first-order valence-corrected chi connectivity index (χ1v) is 4.63. The average Bonchev–Trinajstić information content (AvgIpc) is 2.04. The lowest BCUT2D eigenvalue weighted by Crippen LogP contribution is -2.03. The van der Waals surface area contributed by atoms with Gasteiger partial charge < -0.3 is 0 Å². The summed E-state index contributed by atoms with van der Waals surface area (Å²) in [5, 5.41) is 0.719. The lowest BCUT2D eigenvalue weighted by molar-refractivity contribution is 0.123. The second-order valence-electron chi connectivity index (χ2n) is 3.31. The van der Waals surface area contributed by atoms with Crippen LogP contribution in [0.1, 0.15) is 30.9 Å². The number of hydrogen-bond acceptors (Lipinski definition) is 2. The van der Waals surface area contributed by atoms with Crippen LogP contribution < -0.4 is 5.90 Å². The van der Waals surface area contributed by atoms with E-state index in [0.29, 0.717) is 12.5 Å². The quantitative estimate of drug-likeness (QED) is 0.760. The molecule has 13 heavy (non-hydrogen) atoms. The van der Waals surface area contributed by atoms with E-state index in [4.69, 9.17) is 17.5 Å². The van der Waals surface area contributed by atoms with Crippen molar-refractivity contribution in [2.24, 2.45) is 5.90 Å². The van der Waals surface area contributed by atoms with Gasteiger partial charge in [-0.05, 0) is 29.2 Å². The van der Waals surface area contributed by atoms with Gasteiger partial charge in [0.05, 0.1) is 6.61 Å². The molecule has 0 aliphatic carbocycles. The largest absolute Gasteiger partial charge is 0.300 e. The van der Waals surface area contributed by atoms with Gasteiger partial charge in [0, 0.05) is 5.02 Å². The number of benzene rings is 1. The summed E-state index contributed by atoms with van der Waals surface area (Å²) < 4.78 is 0. The van der Waals surface area contributed by atoms with E-state index in [1.165, 1.54) is 5.56 Å². The zero-order valence-electron chi connectivity index (χ0n) is 7.88. The smallest absolute Gasteiger partial charge is 0.0933 e. The molecule has 0 aromatic heterocycles. The summed E-state index contributed by atoms with van der Waals surface area (Å²) >= 11 is 5.86. The van der Waals surface area contributed by atoms with E-state index in [2.05, 4.69) is 18.7 Å². The third-order valence-electron chi connectivity index (χ3n) is 1.97. The summed E-state index contributed by atoms with van der Waals surface area (Å²) in [4.78, 5) is 4.62. The molecule has 1 aromatic rings. The van der Waals surface area contributed by atoms with Crippen LogP contribution in [0.25, 0.3) is 0 Å². The lowest BCUT2D eigenvalue weighted by atomic mass is 9.98. The van der Waals surface area contributed by atoms with E-state index in [0.717, 1.165) is 10.6 Å². The highest BCUT2D eigenvalue weighted by Crippen LogP contribution is 2.23. The molecule has 0 bridgehead atoms. The van der Waals surface area contributed by atoms with Gasteiger partial charge >= 0.3 is 0 Å². The van der Waals surface area contributed by atoms with Crippen LogP contribution in [-0.2, 0) is 11.4 Å². The summed E-state index contributed by atoms with van der Waals surface area (Å²) in [5.41, 5.74) is 2.29. The van der Waals surface area contributed by atoms with E-state index in [1.54, 1.807) is 0 Å². The summed E-state index contributed by atoms with van der Waals surface area (Å²) in [6.07, 6.45) is 0. The maximum atomic E-state index is 5.86. The third kappa shape index (κ3) is 2.69. The molecule has 0 aliphatic heterocycles. The Hall–Kier alpha value is -0.570. The van der Waals surface area contributed by atoms with Crippen molar-refractivity contribution in [1.82, 2.24) is 0 Å². The first-order chi connectivity index (χ1) is 6.15. The summed E-state index contributed by atoms with van der Waals surface area (Å²) in [6.45, 7) is 4.67. The zero-order chi connectivity index (χ0) is 9.84. The Bertz CT molecular complexity index is 286. The summed E-state index contributed by atoms with van der Waals surface area (Å²) in [7, 11) is 0. The van der Waals surface area contributed by atoms with Crippen LogP contribution in [0.2, 0.25) is 5.02 Å². The Morgan fingerprint density at radius 3 is 2.69 bits per heavy atom. The van der Waals surface area contributed by atoms with Crippen LogP contribution >= 0.6 is 11.6 Å².